The van der Waals surface area contributed by atoms with E-state index in [0.29, 0.717) is 0 Å². The minimum atomic E-state index is -4.67. The first-order valence-electron chi connectivity index (χ1n) is 2.53. The zero-order valence-corrected chi connectivity index (χ0v) is 16.0. The molecule has 3 N–H and O–H groups in total. The van der Waals surface area contributed by atoms with E-state index < -0.39 is 22.3 Å². The van der Waals surface area contributed by atoms with E-state index in [9.17, 15) is 0 Å². The second kappa shape index (κ2) is 26.1. The van der Waals surface area contributed by atoms with Crippen LogP contribution in [-0.2, 0) is 20.0 Å². The fourth-order valence-corrected chi connectivity index (χ4v) is 0. The third-order valence-electron chi connectivity index (χ3n) is 0. The molecule has 0 heterocycles. The molecule has 0 saturated carbocycles. The summed E-state index contributed by atoms with van der Waals surface area (Å²) < 4.78 is 31.6. The van der Waals surface area contributed by atoms with Gasteiger partial charge in [-0.3, -0.25) is 13.9 Å². The Bertz CT molecular complexity index is 228. The van der Waals surface area contributed by atoms with Crippen molar-refractivity contribution in [2.24, 2.45) is 0 Å². The molecule has 8 nitrogen and oxygen atoms in total. The van der Waals surface area contributed by atoms with Crippen LogP contribution in [0.3, 0.4) is 0 Å². The van der Waals surface area contributed by atoms with Gasteiger partial charge in [-0.15, -0.1) is 12.4 Å². The van der Waals surface area contributed by atoms with E-state index in [-0.39, 0.29) is 83.9 Å². The summed E-state index contributed by atoms with van der Waals surface area (Å²) in [5.41, 5.74) is 0. The Morgan fingerprint density at radius 3 is 1.06 bits per heavy atom. The summed E-state index contributed by atoms with van der Waals surface area (Å²) in [5, 5.41) is 16.3. The molecule has 0 saturated heterocycles. The van der Waals surface area contributed by atoms with Crippen molar-refractivity contribution in [3.8, 4) is 0 Å². The van der Waals surface area contributed by atoms with Crippen molar-refractivity contribution in [3.05, 3.63) is 0 Å². The monoisotopic (exact) mass is 334 g/mol. The molecule has 0 aromatic heterocycles. The number of rotatable bonds is 0. The summed E-state index contributed by atoms with van der Waals surface area (Å²) in [6.45, 7) is 2.06. The van der Waals surface area contributed by atoms with Gasteiger partial charge >= 0.3 is 69.5 Å². The molecule has 0 unspecified atom stereocenters. The largest absolute Gasteiger partial charge is 1.00 e. The van der Waals surface area contributed by atoms with Crippen molar-refractivity contribution >= 4 is 34.7 Å². The first kappa shape index (κ1) is 42.9. The van der Waals surface area contributed by atoms with E-state index in [1.54, 1.807) is 0 Å². The van der Waals surface area contributed by atoms with Gasteiger partial charge in [0.2, 0.25) is 0 Å². The van der Waals surface area contributed by atoms with Crippen molar-refractivity contribution in [1.29, 1.82) is 0 Å². The number of carboxylic acids is 2. The third-order valence-corrected chi connectivity index (χ3v) is 0. The fourth-order valence-electron chi connectivity index (χ4n) is 0. The molecule has 17 heavy (non-hydrogen) atoms. The standard InChI is InChI=1S/2C2H4O2.2ClH.2Na.H2O4S/c2*1-2(3)4;;;;;1-5(2,3)4/h2*1H3,(H,3,4);2*1H;;;(H2,1,2,3,4)/q;;;;2*+1;/p-2. The minimum Gasteiger partial charge on any atom is -1.00 e. The Labute approximate surface area is 156 Å². The molecule has 0 aliphatic rings. The molecule has 0 aliphatic carbocycles. The number of carboxylic acid groups (broad SMARTS) is 2. The van der Waals surface area contributed by atoms with E-state index in [0.717, 1.165) is 13.8 Å². The molecule has 13 heteroatoms. The van der Waals surface area contributed by atoms with Crippen LogP contribution in [0.1, 0.15) is 13.8 Å². The number of hydrogen-bond donors (Lipinski definition) is 3. The predicted molar refractivity (Wildman–Crippen MR) is 45.4 cm³/mol. The molecule has 0 rings (SSSR count). The summed E-state index contributed by atoms with van der Waals surface area (Å²) in [5.74, 6) is -1.92. The normalized spacial score (nSPS) is 6.35. The van der Waals surface area contributed by atoms with Crippen molar-refractivity contribution in [2.75, 3.05) is 0 Å². The van der Waals surface area contributed by atoms with Crippen LogP contribution >= 0.6 is 12.4 Å². The summed E-state index contributed by atoms with van der Waals surface area (Å²) in [6.07, 6.45) is 0. The van der Waals surface area contributed by atoms with Crippen molar-refractivity contribution in [1.82, 2.24) is 0 Å². The predicted octanol–water partition coefficient (Wildman–Crippen LogP) is -10.4. The van der Waals surface area contributed by atoms with Crippen LogP contribution in [0.15, 0.2) is 0 Å². The van der Waals surface area contributed by atoms with Gasteiger partial charge in [0.25, 0.3) is 5.97 Å². The van der Waals surface area contributed by atoms with Gasteiger partial charge in [0.05, 0.1) is 0 Å². The quantitative estimate of drug-likeness (QED) is 0.291. The van der Waals surface area contributed by atoms with Gasteiger partial charge in [0.1, 0.15) is 0 Å². The van der Waals surface area contributed by atoms with Gasteiger partial charge in [0.15, 0.2) is 0 Å². The number of aliphatic carboxylic acids is 2. The molecule has 0 aromatic rings. The van der Waals surface area contributed by atoms with E-state index in [1.807, 2.05) is 0 Å². The first-order valence-corrected chi connectivity index (χ1v) is 3.93. The second-order valence-electron chi connectivity index (χ2n) is 1.46. The molecule has 0 fully saturated rings. The molecule has 0 aromatic carbocycles. The molecule has 0 bridgehead atoms. The Morgan fingerprint density at radius 1 is 1.06 bits per heavy atom. The Morgan fingerprint density at radius 2 is 1.06 bits per heavy atom. The van der Waals surface area contributed by atoms with Crippen LogP contribution in [0.2, 0.25) is 0 Å². The topological polar surface area (TPSA) is 152 Å². The van der Waals surface area contributed by atoms with Gasteiger partial charge in [-0.1, -0.05) is 0 Å². The fraction of sp³-hybridized carbons (Fsp3) is 0.500. The maximum absolute atomic E-state index is 9.00. The van der Waals surface area contributed by atoms with Crippen LogP contribution in [0, 0.1) is 0 Å². The molecular weight excluding hydrogens is 325 g/mol. The smallest absolute Gasteiger partial charge is 1.00 e. The third kappa shape index (κ3) is 2130. The molecule has 0 aliphatic heterocycles. The summed E-state index contributed by atoms with van der Waals surface area (Å²) in [7, 11) is -4.67. The van der Waals surface area contributed by atoms with E-state index >= 15 is 0 Å². The van der Waals surface area contributed by atoms with Gasteiger partial charge in [-0.05, 0) is 6.92 Å². The number of carbonyl (C=O) groups is 2. The van der Waals surface area contributed by atoms with Gasteiger partial charge in [-0.25, -0.2) is 0 Å². The zero-order chi connectivity index (χ0) is 11.7. The number of halogens is 2. The number of carbonyl (C=O) groups excluding carboxylic acids is 1. The Hall–Kier alpha value is 1.39. The maximum atomic E-state index is 9.00. The molecule has 0 atom stereocenters. The molecule has 96 valence electrons. The van der Waals surface area contributed by atoms with Crippen LogP contribution in [0.4, 0.5) is 0 Å². The SMILES string of the molecule is CC(=O)O.CC(=O)[O-].Cl.O=S(=O)(O)O.[Cl-].[Na+].[Na+]. The van der Waals surface area contributed by atoms with Crippen molar-refractivity contribution in [2.45, 2.75) is 13.8 Å². The van der Waals surface area contributed by atoms with Crippen molar-refractivity contribution in [3.63, 3.8) is 0 Å². The second-order valence-corrected chi connectivity index (χ2v) is 2.35. The van der Waals surface area contributed by atoms with Crippen LogP contribution < -0.4 is 76.6 Å². The van der Waals surface area contributed by atoms with Crippen LogP contribution in [0.25, 0.3) is 0 Å². The van der Waals surface area contributed by atoms with Gasteiger partial charge < -0.3 is 27.4 Å². The average Bonchev–Trinajstić information content (AvgIpc) is 1.50. The maximum Gasteiger partial charge on any atom is 1.00 e. The average molecular weight is 335 g/mol. The first-order chi connectivity index (χ1) is 5.46. The zero-order valence-electron chi connectivity index (χ0n) is 9.58. The molecule has 0 spiro atoms. The summed E-state index contributed by atoms with van der Waals surface area (Å²) in [6, 6.07) is 0. The van der Waals surface area contributed by atoms with E-state index in [1.165, 1.54) is 0 Å². The van der Waals surface area contributed by atoms with Crippen molar-refractivity contribution < 1.29 is 109 Å². The molecular formula is C4H10Cl2Na2O8S. The van der Waals surface area contributed by atoms with Crippen LogP contribution in [0.5, 0.6) is 0 Å². The minimum absolute atomic E-state index is 0. The van der Waals surface area contributed by atoms with Crippen LogP contribution in [-0.4, -0.2) is 34.6 Å². The van der Waals surface area contributed by atoms with E-state index in [4.69, 9.17) is 37.3 Å². The number of hydrogen-bond acceptors (Lipinski definition) is 5. The Kier molecular flexibility index (Phi) is 65.7. The Balaban J connectivity index is -0.0000000159. The summed E-state index contributed by atoms with van der Waals surface area (Å²) in [4.78, 5) is 17.9. The van der Waals surface area contributed by atoms with E-state index in [2.05, 4.69) is 0 Å². The van der Waals surface area contributed by atoms with Gasteiger partial charge in [0, 0.05) is 12.9 Å². The molecule has 0 amide bonds. The summed E-state index contributed by atoms with van der Waals surface area (Å²) >= 11 is 0. The van der Waals surface area contributed by atoms with Gasteiger partial charge in [-0.2, -0.15) is 8.42 Å². The molecule has 0 radical (unpaired) electrons.